The summed E-state index contributed by atoms with van der Waals surface area (Å²) in [6.07, 6.45) is 1.43. The van der Waals surface area contributed by atoms with Crippen molar-refractivity contribution in [2.75, 3.05) is 7.05 Å². The highest BCUT2D eigenvalue weighted by atomic mass is 79.9. The summed E-state index contributed by atoms with van der Waals surface area (Å²) in [6, 6.07) is 25.6. The van der Waals surface area contributed by atoms with Gasteiger partial charge in [-0.1, -0.05) is 103 Å². The fraction of sp³-hybridized carbons (Fsp3) is 0.333. The highest BCUT2D eigenvalue weighted by Gasteiger charge is 2.29. The molecule has 3 aromatic carbocycles. The molecule has 1 N–H and O–H groups in total. The molecule has 2 amide bonds. The number of amides is 2. The highest BCUT2D eigenvalue weighted by Crippen LogP contribution is 2.23. The van der Waals surface area contributed by atoms with Crippen LogP contribution >= 0.6 is 15.9 Å². The Labute approximate surface area is 217 Å². The standard InChI is InChI=1S/C30H35BrN2O2/c1-30(2,3)25-16-13-22(14-17-25)15-18-28(34)33(21-24-11-8-12-26(31)19-24)27(29(35)32-4)20-23-9-6-5-7-10-23/h5-14,16-17,19,27H,15,18,20-21H2,1-4H3,(H,32,35)/t27-/m0/s1. The zero-order valence-electron chi connectivity index (χ0n) is 21.1. The summed E-state index contributed by atoms with van der Waals surface area (Å²) in [4.78, 5) is 28.4. The molecular formula is C30H35BrN2O2. The van der Waals surface area contributed by atoms with Crippen LogP contribution in [0.2, 0.25) is 0 Å². The topological polar surface area (TPSA) is 49.4 Å². The molecule has 0 saturated heterocycles. The molecule has 0 heterocycles. The van der Waals surface area contributed by atoms with E-state index in [1.807, 2.05) is 54.6 Å². The Kier molecular flexibility index (Phi) is 9.27. The van der Waals surface area contributed by atoms with Crippen molar-refractivity contribution >= 4 is 27.7 Å². The number of halogens is 1. The SMILES string of the molecule is CNC(=O)[C@H](Cc1ccccc1)N(Cc1cccc(Br)c1)C(=O)CCc1ccc(C(C)(C)C)cc1. The Balaban J connectivity index is 1.84. The highest BCUT2D eigenvalue weighted by molar-refractivity contribution is 9.10. The molecule has 0 unspecified atom stereocenters. The largest absolute Gasteiger partial charge is 0.357 e. The first-order valence-corrected chi connectivity index (χ1v) is 12.9. The Morgan fingerprint density at radius 1 is 0.886 bits per heavy atom. The molecule has 0 aliphatic rings. The van der Waals surface area contributed by atoms with Crippen LogP contribution in [0.4, 0.5) is 0 Å². The fourth-order valence-corrected chi connectivity index (χ4v) is 4.57. The molecule has 35 heavy (non-hydrogen) atoms. The van der Waals surface area contributed by atoms with E-state index in [1.54, 1.807) is 11.9 Å². The lowest BCUT2D eigenvalue weighted by Gasteiger charge is -2.31. The maximum Gasteiger partial charge on any atom is 0.242 e. The number of carbonyl (C=O) groups excluding carboxylic acids is 2. The Hall–Kier alpha value is -2.92. The molecule has 0 radical (unpaired) electrons. The molecule has 0 aliphatic heterocycles. The molecule has 0 spiro atoms. The molecule has 0 saturated carbocycles. The Bertz CT molecular complexity index is 1120. The third kappa shape index (κ3) is 7.79. The molecule has 5 heteroatoms. The minimum absolute atomic E-state index is 0.0330. The van der Waals surface area contributed by atoms with Gasteiger partial charge in [-0.05, 0) is 46.2 Å². The number of hydrogen-bond acceptors (Lipinski definition) is 2. The van der Waals surface area contributed by atoms with Crippen LogP contribution in [0, 0.1) is 0 Å². The molecule has 0 aliphatic carbocycles. The second-order valence-electron chi connectivity index (χ2n) is 9.92. The van der Waals surface area contributed by atoms with Crippen LogP contribution in [-0.2, 0) is 34.4 Å². The van der Waals surface area contributed by atoms with Crippen molar-refractivity contribution in [3.63, 3.8) is 0 Å². The molecule has 0 fully saturated rings. The minimum atomic E-state index is -0.600. The number of nitrogens with zero attached hydrogens (tertiary/aromatic N) is 1. The smallest absolute Gasteiger partial charge is 0.242 e. The van der Waals surface area contributed by atoms with E-state index in [9.17, 15) is 9.59 Å². The number of likely N-dealkylation sites (N-methyl/N-ethyl adjacent to an activating group) is 1. The number of benzene rings is 3. The number of rotatable bonds is 9. The van der Waals surface area contributed by atoms with E-state index >= 15 is 0 Å². The van der Waals surface area contributed by atoms with Gasteiger partial charge >= 0.3 is 0 Å². The summed E-state index contributed by atoms with van der Waals surface area (Å²) in [5, 5.41) is 2.77. The van der Waals surface area contributed by atoms with Crippen molar-refractivity contribution in [2.24, 2.45) is 0 Å². The lowest BCUT2D eigenvalue weighted by molar-refractivity contribution is -0.141. The maximum absolute atomic E-state index is 13.6. The van der Waals surface area contributed by atoms with Crippen molar-refractivity contribution in [3.8, 4) is 0 Å². The molecule has 0 aromatic heterocycles. The zero-order valence-corrected chi connectivity index (χ0v) is 22.6. The van der Waals surface area contributed by atoms with Gasteiger partial charge in [0.2, 0.25) is 11.8 Å². The normalized spacial score (nSPS) is 12.1. The molecule has 3 aromatic rings. The summed E-state index contributed by atoms with van der Waals surface area (Å²) >= 11 is 3.52. The summed E-state index contributed by atoms with van der Waals surface area (Å²) in [6.45, 7) is 6.94. The molecule has 1 atom stereocenters. The lowest BCUT2D eigenvalue weighted by Crippen LogP contribution is -2.49. The second-order valence-corrected chi connectivity index (χ2v) is 10.8. The van der Waals surface area contributed by atoms with Gasteiger partial charge in [0.25, 0.3) is 0 Å². The van der Waals surface area contributed by atoms with Gasteiger partial charge in [0, 0.05) is 30.9 Å². The van der Waals surface area contributed by atoms with Crippen LogP contribution in [0.3, 0.4) is 0 Å². The first-order chi connectivity index (χ1) is 16.7. The van der Waals surface area contributed by atoms with Gasteiger partial charge in [-0.3, -0.25) is 9.59 Å². The summed E-state index contributed by atoms with van der Waals surface area (Å²) in [5.74, 6) is -0.193. The number of carbonyl (C=O) groups is 2. The van der Waals surface area contributed by atoms with Crippen LogP contribution in [0.5, 0.6) is 0 Å². The van der Waals surface area contributed by atoms with Gasteiger partial charge in [-0.25, -0.2) is 0 Å². The average molecular weight is 536 g/mol. The van der Waals surface area contributed by atoms with E-state index < -0.39 is 6.04 Å². The van der Waals surface area contributed by atoms with E-state index in [2.05, 4.69) is 66.3 Å². The number of aryl methyl sites for hydroxylation is 1. The number of hydrogen-bond donors (Lipinski definition) is 1. The van der Waals surface area contributed by atoms with Crippen molar-refractivity contribution in [1.29, 1.82) is 0 Å². The third-order valence-electron chi connectivity index (χ3n) is 6.21. The first-order valence-electron chi connectivity index (χ1n) is 12.1. The number of nitrogens with one attached hydrogen (secondary N) is 1. The van der Waals surface area contributed by atoms with E-state index in [0.717, 1.165) is 21.2 Å². The van der Waals surface area contributed by atoms with Gasteiger partial charge in [0.1, 0.15) is 6.04 Å². The summed E-state index contributed by atoms with van der Waals surface area (Å²) < 4.78 is 0.945. The van der Waals surface area contributed by atoms with Crippen LogP contribution in [0.1, 0.15) is 49.4 Å². The lowest BCUT2D eigenvalue weighted by atomic mass is 9.86. The zero-order chi connectivity index (χ0) is 25.4. The second kappa shape index (κ2) is 12.2. The molecule has 4 nitrogen and oxygen atoms in total. The van der Waals surface area contributed by atoms with Crippen LogP contribution in [0.15, 0.2) is 83.3 Å². The van der Waals surface area contributed by atoms with E-state index in [1.165, 1.54) is 5.56 Å². The van der Waals surface area contributed by atoms with Gasteiger partial charge < -0.3 is 10.2 Å². The van der Waals surface area contributed by atoms with Gasteiger partial charge in [0.05, 0.1) is 0 Å². The van der Waals surface area contributed by atoms with Gasteiger partial charge in [-0.15, -0.1) is 0 Å². The molecule has 184 valence electrons. The average Bonchev–Trinajstić information content (AvgIpc) is 2.84. The minimum Gasteiger partial charge on any atom is -0.357 e. The van der Waals surface area contributed by atoms with Crippen molar-refractivity contribution in [2.45, 2.75) is 58.0 Å². The fourth-order valence-electron chi connectivity index (χ4n) is 4.12. The summed E-state index contributed by atoms with van der Waals surface area (Å²) in [7, 11) is 1.62. The molecule has 3 rings (SSSR count). The Morgan fingerprint density at radius 2 is 1.54 bits per heavy atom. The third-order valence-corrected chi connectivity index (χ3v) is 6.70. The molecular weight excluding hydrogens is 500 g/mol. The summed E-state index contributed by atoms with van der Waals surface area (Å²) in [5.41, 5.74) is 4.47. The predicted octanol–water partition coefficient (Wildman–Crippen LogP) is 6.07. The van der Waals surface area contributed by atoms with Crippen LogP contribution in [-0.4, -0.2) is 29.8 Å². The van der Waals surface area contributed by atoms with E-state index in [0.29, 0.717) is 25.8 Å². The van der Waals surface area contributed by atoms with E-state index in [4.69, 9.17) is 0 Å². The van der Waals surface area contributed by atoms with Gasteiger partial charge in [0.15, 0.2) is 0 Å². The molecule has 0 bridgehead atoms. The predicted molar refractivity (Wildman–Crippen MR) is 146 cm³/mol. The van der Waals surface area contributed by atoms with Crippen LogP contribution in [0.25, 0.3) is 0 Å². The Morgan fingerprint density at radius 3 is 2.14 bits per heavy atom. The monoisotopic (exact) mass is 534 g/mol. The van der Waals surface area contributed by atoms with Crippen molar-refractivity contribution in [1.82, 2.24) is 10.2 Å². The first kappa shape index (κ1) is 26.7. The van der Waals surface area contributed by atoms with Crippen molar-refractivity contribution < 1.29 is 9.59 Å². The van der Waals surface area contributed by atoms with E-state index in [-0.39, 0.29) is 17.2 Å². The quantitative estimate of drug-likeness (QED) is 0.362. The van der Waals surface area contributed by atoms with Crippen LogP contribution < -0.4 is 5.32 Å². The van der Waals surface area contributed by atoms with Gasteiger partial charge in [-0.2, -0.15) is 0 Å². The maximum atomic E-state index is 13.6. The van der Waals surface area contributed by atoms with Crippen molar-refractivity contribution in [3.05, 3.63) is 106 Å².